The molecular formula is C19H23N5O3S. The summed E-state index contributed by atoms with van der Waals surface area (Å²) in [6.07, 6.45) is 1.73. The largest absolute Gasteiger partial charge is 0.492 e. The van der Waals surface area contributed by atoms with Crippen molar-refractivity contribution in [1.82, 2.24) is 14.8 Å². The zero-order valence-electron chi connectivity index (χ0n) is 16.1. The van der Waals surface area contributed by atoms with Crippen LogP contribution in [0, 0.1) is 0 Å². The summed E-state index contributed by atoms with van der Waals surface area (Å²) in [5.41, 5.74) is 7.55. The number of carbonyl (C=O) groups excluding carboxylic acids is 1. The molecule has 0 saturated heterocycles. The Hall–Kier alpha value is -2.68. The monoisotopic (exact) mass is 401 g/mol. The van der Waals surface area contributed by atoms with Gasteiger partial charge in [-0.05, 0) is 50.4 Å². The number of benzene rings is 1. The van der Waals surface area contributed by atoms with Gasteiger partial charge in [-0.1, -0.05) is 0 Å². The van der Waals surface area contributed by atoms with Crippen LogP contribution < -0.4 is 19.5 Å². The molecule has 0 fully saturated rings. The first kappa shape index (κ1) is 18.7. The van der Waals surface area contributed by atoms with E-state index in [0.29, 0.717) is 12.4 Å². The van der Waals surface area contributed by atoms with Crippen molar-refractivity contribution in [2.24, 2.45) is 5.73 Å². The summed E-state index contributed by atoms with van der Waals surface area (Å²) in [5, 5.41) is 4.35. The molecule has 4 rings (SSSR count). The van der Waals surface area contributed by atoms with Gasteiger partial charge in [0.2, 0.25) is 5.95 Å². The first-order chi connectivity index (χ1) is 13.4. The van der Waals surface area contributed by atoms with Crippen molar-refractivity contribution in [2.45, 2.75) is 39.3 Å². The molecule has 1 aromatic carbocycles. The van der Waals surface area contributed by atoms with Crippen LogP contribution >= 0.6 is 11.9 Å². The molecule has 9 heteroatoms. The highest BCUT2D eigenvalue weighted by atomic mass is 32.2. The second-order valence-corrected chi connectivity index (χ2v) is 8.16. The highest BCUT2D eigenvalue weighted by molar-refractivity contribution is 8.04. The molecule has 1 atom stereocenters. The van der Waals surface area contributed by atoms with Crippen molar-refractivity contribution in [1.29, 1.82) is 0 Å². The van der Waals surface area contributed by atoms with E-state index in [2.05, 4.69) is 28.2 Å². The summed E-state index contributed by atoms with van der Waals surface area (Å²) < 4.78 is 15.7. The summed E-state index contributed by atoms with van der Waals surface area (Å²) in [6.45, 7) is 7.12. The number of ether oxygens (including phenoxy) is 2. The van der Waals surface area contributed by atoms with E-state index in [1.54, 1.807) is 25.2 Å². The highest BCUT2D eigenvalue weighted by Gasteiger charge is 2.31. The van der Waals surface area contributed by atoms with Crippen LogP contribution in [0.15, 0.2) is 29.4 Å². The number of hydrogen-bond donors (Lipinski definition) is 1. The molecule has 2 aliphatic heterocycles. The maximum absolute atomic E-state index is 11.3. The first-order valence-electron chi connectivity index (χ1n) is 9.24. The van der Waals surface area contributed by atoms with Crippen molar-refractivity contribution in [3.8, 4) is 11.5 Å². The Labute approximate surface area is 167 Å². The third kappa shape index (κ3) is 3.42. The van der Waals surface area contributed by atoms with Crippen LogP contribution in [0.2, 0.25) is 0 Å². The number of nitrogens with two attached hydrogens (primary N) is 1. The number of primary amides is 1. The molecule has 28 heavy (non-hydrogen) atoms. The molecule has 0 aliphatic carbocycles. The van der Waals surface area contributed by atoms with Gasteiger partial charge in [0, 0.05) is 23.0 Å². The average Bonchev–Trinajstić information content (AvgIpc) is 3.26. The van der Waals surface area contributed by atoms with Gasteiger partial charge in [-0.3, -0.25) is 9.10 Å². The number of aromatic nitrogens is 3. The standard InChI is InChI=1S/C19H23N5O3S/c1-11(2)24-19(21-10-22-24)23-9-15-14-5-4-13(27-12(3)18(20)25)8-16(14)26-7-6-17(15)28-23/h4-5,8,10-12H,6-7,9H2,1-3H3,(H2,20,25)/t12-/m1/s1. The van der Waals surface area contributed by atoms with Gasteiger partial charge in [-0.15, -0.1) is 0 Å². The van der Waals surface area contributed by atoms with Gasteiger partial charge < -0.3 is 15.2 Å². The van der Waals surface area contributed by atoms with Crippen LogP contribution in [0.25, 0.3) is 5.57 Å². The normalized spacial score (nSPS) is 17.1. The van der Waals surface area contributed by atoms with E-state index in [1.165, 1.54) is 10.5 Å². The van der Waals surface area contributed by atoms with Gasteiger partial charge >= 0.3 is 0 Å². The lowest BCUT2D eigenvalue weighted by molar-refractivity contribution is -0.123. The number of anilines is 1. The lowest BCUT2D eigenvalue weighted by Gasteiger charge is -2.20. The Balaban J connectivity index is 1.60. The van der Waals surface area contributed by atoms with E-state index in [9.17, 15) is 4.79 Å². The lowest BCUT2D eigenvalue weighted by atomic mass is 10.0. The summed E-state index contributed by atoms with van der Waals surface area (Å²) in [5.74, 6) is 1.67. The first-order valence-corrected chi connectivity index (χ1v) is 10.0. The fourth-order valence-corrected chi connectivity index (χ4v) is 4.37. The third-order valence-electron chi connectivity index (χ3n) is 4.70. The Kier molecular flexibility index (Phi) is 4.92. The molecule has 3 heterocycles. The topological polar surface area (TPSA) is 95.5 Å². The Morgan fingerprint density at radius 1 is 1.36 bits per heavy atom. The van der Waals surface area contributed by atoms with E-state index in [0.717, 1.165) is 30.2 Å². The Morgan fingerprint density at radius 2 is 2.18 bits per heavy atom. The molecule has 1 aromatic heterocycles. The zero-order chi connectivity index (χ0) is 19.8. The minimum atomic E-state index is -0.696. The van der Waals surface area contributed by atoms with Gasteiger partial charge in [0.1, 0.15) is 17.8 Å². The second kappa shape index (κ2) is 7.38. The van der Waals surface area contributed by atoms with Crippen LogP contribution in [0.4, 0.5) is 5.95 Å². The summed E-state index contributed by atoms with van der Waals surface area (Å²) in [4.78, 5) is 17.0. The van der Waals surface area contributed by atoms with Gasteiger partial charge in [0.15, 0.2) is 6.10 Å². The van der Waals surface area contributed by atoms with Crippen molar-refractivity contribution in [3.63, 3.8) is 0 Å². The molecule has 0 spiro atoms. The van der Waals surface area contributed by atoms with Crippen LogP contribution in [0.5, 0.6) is 11.5 Å². The van der Waals surface area contributed by atoms with E-state index >= 15 is 0 Å². The lowest BCUT2D eigenvalue weighted by Crippen LogP contribution is -2.30. The van der Waals surface area contributed by atoms with Crippen molar-refractivity contribution >= 4 is 29.4 Å². The quantitative estimate of drug-likeness (QED) is 0.770. The van der Waals surface area contributed by atoms with Crippen LogP contribution in [-0.2, 0) is 4.79 Å². The number of rotatable bonds is 5. The minimum Gasteiger partial charge on any atom is -0.492 e. The molecule has 1 amide bonds. The fourth-order valence-electron chi connectivity index (χ4n) is 3.24. The number of hydrogen-bond acceptors (Lipinski definition) is 7. The fraction of sp³-hybridized carbons (Fsp3) is 0.421. The third-order valence-corrected chi connectivity index (χ3v) is 5.89. The molecule has 0 saturated carbocycles. The van der Waals surface area contributed by atoms with Crippen molar-refractivity contribution in [2.75, 3.05) is 17.5 Å². The van der Waals surface area contributed by atoms with E-state index in [4.69, 9.17) is 15.2 Å². The van der Waals surface area contributed by atoms with Crippen LogP contribution in [0.3, 0.4) is 0 Å². The van der Waals surface area contributed by atoms with Gasteiger partial charge in [0.25, 0.3) is 5.91 Å². The summed E-state index contributed by atoms with van der Waals surface area (Å²) in [7, 11) is 0. The summed E-state index contributed by atoms with van der Waals surface area (Å²) in [6, 6.07) is 5.90. The molecule has 8 nitrogen and oxygen atoms in total. The number of fused-ring (bicyclic) bond motifs is 2. The SMILES string of the molecule is CC(C)n1ncnc1N1CC2=C(CCOc3cc(O[C@H](C)C(N)=O)ccc32)S1. The van der Waals surface area contributed by atoms with Gasteiger partial charge in [0.05, 0.1) is 19.2 Å². The maximum Gasteiger partial charge on any atom is 0.258 e. The van der Waals surface area contributed by atoms with Gasteiger partial charge in [-0.25, -0.2) is 4.68 Å². The van der Waals surface area contributed by atoms with Crippen molar-refractivity contribution in [3.05, 3.63) is 35.0 Å². The van der Waals surface area contributed by atoms with Gasteiger partial charge in [-0.2, -0.15) is 10.1 Å². The Morgan fingerprint density at radius 3 is 2.93 bits per heavy atom. The second-order valence-electron chi connectivity index (χ2n) is 7.05. The van der Waals surface area contributed by atoms with Crippen LogP contribution in [-0.4, -0.2) is 39.9 Å². The predicted molar refractivity (Wildman–Crippen MR) is 108 cm³/mol. The zero-order valence-corrected chi connectivity index (χ0v) is 16.9. The number of carbonyl (C=O) groups is 1. The maximum atomic E-state index is 11.3. The molecule has 2 aliphatic rings. The smallest absolute Gasteiger partial charge is 0.258 e. The summed E-state index contributed by atoms with van der Waals surface area (Å²) >= 11 is 1.70. The number of amides is 1. The Bertz CT molecular complexity index is 939. The predicted octanol–water partition coefficient (Wildman–Crippen LogP) is 2.77. The molecular weight excluding hydrogens is 378 g/mol. The molecule has 0 radical (unpaired) electrons. The molecule has 148 valence electrons. The average molecular weight is 401 g/mol. The minimum absolute atomic E-state index is 0.237. The van der Waals surface area contributed by atoms with Crippen molar-refractivity contribution < 1.29 is 14.3 Å². The number of nitrogens with zero attached hydrogens (tertiary/aromatic N) is 4. The van der Waals surface area contributed by atoms with E-state index in [1.807, 2.05) is 22.9 Å². The van der Waals surface area contributed by atoms with E-state index in [-0.39, 0.29) is 6.04 Å². The van der Waals surface area contributed by atoms with Crippen LogP contribution in [0.1, 0.15) is 38.8 Å². The molecule has 0 unspecified atom stereocenters. The highest BCUT2D eigenvalue weighted by Crippen LogP contribution is 2.46. The molecule has 2 aromatic rings. The molecule has 0 bridgehead atoms. The molecule has 2 N–H and O–H groups in total. The van der Waals surface area contributed by atoms with E-state index < -0.39 is 12.0 Å².